The average molecular weight is 206 g/mol. The molecule has 0 atom stereocenters. The van der Waals surface area contributed by atoms with E-state index in [0.29, 0.717) is 6.47 Å². The van der Waals surface area contributed by atoms with Crippen LogP contribution < -0.4 is 5.43 Å². The Balaban J connectivity index is 0. The number of aromatic nitrogens is 1. The van der Waals surface area contributed by atoms with Crippen molar-refractivity contribution in [2.75, 3.05) is 0 Å². The van der Waals surface area contributed by atoms with Gasteiger partial charge in [-0.05, 0) is 0 Å². The minimum atomic E-state index is 0. The van der Waals surface area contributed by atoms with Crippen LogP contribution >= 0.6 is 0 Å². The van der Waals surface area contributed by atoms with Crippen molar-refractivity contribution in [3.05, 3.63) is 34.7 Å². The Bertz CT molecular complexity index is 218. The summed E-state index contributed by atoms with van der Waals surface area (Å²) >= 11 is 0. The third kappa shape index (κ3) is 9.04. The first-order valence-corrected chi connectivity index (χ1v) is 2.45. The number of rotatable bonds is 0. The summed E-state index contributed by atoms with van der Waals surface area (Å²) in [4.78, 5) is 21.2. The molecule has 0 aliphatic heterocycles. The summed E-state index contributed by atoms with van der Waals surface area (Å²) in [6, 6.07) is 2.94. The van der Waals surface area contributed by atoms with E-state index in [1.54, 1.807) is 12.4 Å². The topological polar surface area (TPSA) is 70.2 Å². The third-order valence-electron chi connectivity index (χ3n) is 0.688. The van der Waals surface area contributed by atoms with Crippen molar-refractivity contribution in [1.82, 2.24) is 4.98 Å². The molecule has 11 heavy (non-hydrogen) atoms. The molecule has 0 bridgehead atoms. The summed E-state index contributed by atoms with van der Waals surface area (Å²) in [5, 5.41) is 6.76. The number of aliphatic hydroxyl groups excluding tert-OH is 1. The predicted molar refractivity (Wildman–Crippen MR) is 35.4 cm³/mol. The molecule has 0 spiro atoms. The van der Waals surface area contributed by atoms with Gasteiger partial charge in [-0.2, -0.15) is 0 Å². The first-order chi connectivity index (χ1) is 4.81. The first-order valence-electron chi connectivity index (χ1n) is 2.45. The van der Waals surface area contributed by atoms with Crippen LogP contribution in [-0.4, -0.2) is 16.6 Å². The van der Waals surface area contributed by atoms with E-state index in [-0.39, 0.29) is 24.9 Å². The van der Waals surface area contributed by atoms with Crippen molar-refractivity contribution in [3.63, 3.8) is 0 Å². The number of nitrogens with one attached hydrogen (secondary N) is 1. The maximum Gasteiger partial charge on any atom is 0.181 e. The van der Waals surface area contributed by atoms with Gasteiger partial charge in [-0.25, -0.2) is 0 Å². The van der Waals surface area contributed by atoms with Gasteiger partial charge in [0.2, 0.25) is 0 Å². The Morgan fingerprint density at radius 1 is 1.36 bits per heavy atom. The zero-order valence-corrected chi connectivity index (χ0v) is 8.75. The summed E-state index contributed by atoms with van der Waals surface area (Å²) in [5.41, 5.74) is 0.0405. The van der Waals surface area contributed by atoms with Crippen LogP contribution in [-0.2, 0) is 24.3 Å². The molecule has 0 unspecified atom stereocenters. The molecule has 0 aliphatic rings. The molecule has 1 rings (SSSR count). The Morgan fingerprint density at radius 3 is 1.91 bits per heavy atom. The normalized spacial score (nSPS) is 6.55. The van der Waals surface area contributed by atoms with Crippen LogP contribution in [0.15, 0.2) is 29.3 Å². The van der Waals surface area contributed by atoms with Gasteiger partial charge >= 0.3 is 0 Å². The molecule has 0 radical (unpaired) electrons. The fourth-order valence-electron chi connectivity index (χ4n) is 0.372. The number of pyridine rings is 1. The van der Waals surface area contributed by atoms with E-state index in [9.17, 15) is 4.79 Å². The van der Waals surface area contributed by atoms with Crippen molar-refractivity contribution in [2.24, 2.45) is 0 Å². The molecule has 0 fully saturated rings. The maximum atomic E-state index is 10.2. The minimum absolute atomic E-state index is 0. The number of hydrogen-bond acceptors (Lipinski definition) is 2. The summed E-state index contributed by atoms with van der Waals surface area (Å²) < 4.78 is 0. The summed E-state index contributed by atoms with van der Waals surface area (Å²) in [6.07, 6.45) is 3.20. The quantitative estimate of drug-likeness (QED) is 0.462. The zero-order valence-electron chi connectivity index (χ0n) is 5.78. The fraction of sp³-hybridized carbons (Fsp3) is 0. The van der Waals surface area contributed by atoms with Gasteiger partial charge in [-0.1, -0.05) is 6.47 Å². The third-order valence-corrected chi connectivity index (χ3v) is 0.688. The molecule has 1 heterocycles. The summed E-state index contributed by atoms with van der Waals surface area (Å²) in [7, 11) is 0. The molecular formula is C6H6NO3Zn-. The Morgan fingerprint density at radius 2 is 1.73 bits per heavy atom. The van der Waals surface area contributed by atoms with E-state index in [0.717, 1.165) is 0 Å². The monoisotopic (exact) mass is 204 g/mol. The maximum absolute atomic E-state index is 10.2. The number of aromatic amines is 1. The van der Waals surface area contributed by atoms with Gasteiger partial charge in [0.1, 0.15) is 0 Å². The van der Waals surface area contributed by atoms with Gasteiger partial charge in [0.05, 0.1) is 0 Å². The molecule has 56 valence electrons. The molecule has 5 heteroatoms. The molecule has 1 aromatic heterocycles. The van der Waals surface area contributed by atoms with Gasteiger partial charge in [-0.3, -0.25) is 4.79 Å². The van der Waals surface area contributed by atoms with E-state index in [4.69, 9.17) is 9.90 Å². The second kappa shape index (κ2) is 9.04. The Kier molecular flexibility index (Phi) is 10.4. The van der Waals surface area contributed by atoms with Crippen molar-refractivity contribution in [1.29, 1.82) is 0 Å². The molecule has 0 aromatic carbocycles. The van der Waals surface area contributed by atoms with E-state index in [1.165, 1.54) is 12.1 Å². The molecule has 0 saturated carbocycles. The summed E-state index contributed by atoms with van der Waals surface area (Å²) in [5.74, 6) is 0. The zero-order chi connectivity index (χ0) is 7.82. The molecule has 1 aromatic rings. The predicted octanol–water partition coefficient (Wildman–Crippen LogP) is -0.0160. The van der Waals surface area contributed by atoms with Crippen molar-refractivity contribution < 1.29 is 29.4 Å². The van der Waals surface area contributed by atoms with Gasteiger partial charge in [0.15, 0.2) is 5.43 Å². The first kappa shape index (κ1) is 12.7. The second-order valence-electron chi connectivity index (χ2n) is 1.33. The van der Waals surface area contributed by atoms with E-state index in [2.05, 4.69) is 4.98 Å². The SMILES string of the molecule is O=[C-]O.O=c1cc[nH]cc1.[Zn]. The average Bonchev–Trinajstić information content (AvgIpc) is 1.91. The standard InChI is InChI=1S/C5H5NO.CHO2.Zn/c7-5-1-3-6-4-2-5;2-1-3;/h1-4H,(H,6,7);(H,2,3);/q;-1;. The van der Waals surface area contributed by atoms with Crippen LogP contribution in [0.25, 0.3) is 0 Å². The van der Waals surface area contributed by atoms with E-state index < -0.39 is 0 Å². The minimum Gasteiger partial charge on any atom is -0.665 e. The van der Waals surface area contributed by atoms with Crippen molar-refractivity contribution in [2.45, 2.75) is 0 Å². The van der Waals surface area contributed by atoms with Gasteiger partial charge < -0.3 is 14.9 Å². The Labute approximate surface area is 76.0 Å². The smallest absolute Gasteiger partial charge is 0.181 e. The van der Waals surface area contributed by atoms with Crippen LogP contribution in [0.5, 0.6) is 0 Å². The largest absolute Gasteiger partial charge is 0.665 e. The van der Waals surface area contributed by atoms with Gasteiger partial charge in [-0.15, -0.1) is 0 Å². The Hall–Kier alpha value is -0.957. The number of hydrogen-bond donors (Lipinski definition) is 2. The number of H-pyrrole nitrogens is 1. The van der Waals surface area contributed by atoms with E-state index >= 15 is 0 Å². The van der Waals surface area contributed by atoms with Gasteiger partial charge in [0, 0.05) is 44.0 Å². The second-order valence-corrected chi connectivity index (χ2v) is 1.33. The fourth-order valence-corrected chi connectivity index (χ4v) is 0.372. The molecule has 0 aliphatic carbocycles. The van der Waals surface area contributed by atoms with Crippen LogP contribution in [0, 0.1) is 0 Å². The van der Waals surface area contributed by atoms with E-state index in [1.807, 2.05) is 0 Å². The molecule has 2 N–H and O–H groups in total. The van der Waals surface area contributed by atoms with Crippen LogP contribution in [0.2, 0.25) is 0 Å². The van der Waals surface area contributed by atoms with Crippen molar-refractivity contribution in [3.8, 4) is 0 Å². The van der Waals surface area contributed by atoms with Crippen LogP contribution in [0.3, 0.4) is 0 Å². The van der Waals surface area contributed by atoms with Crippen LogP contribution in [0.4, 0.5) is 0 Å². The van der Waals surface area contributed by atoms with Gasteiger partial charge in [0.25, 0.3) is 0 Å². The molecule has 0 saturated heterocycles. The summed E-state index contributed by atoms with van der Waals surface area (Å²) in [6.45, 7) is 0.500. The van der Waals surface area contributed by atoms with Crippen molar-refractivity contribution >= 4 is 6.47 Å². The molecule has 0 amide bonds. The molecule has 4 nitrogen and oxygen atoms in total. The molecular weight excluding hydrogens is 199 g/mol. The van der Waals surface area contributed by atoms with Crippen LogP contribution in [0.1, 0.15) is 0 Å².